The Morgan fingerprint density at radius 3 is 2.50 bits per heavy atom. The number of rotatable bonds is 4. The smallest absolute Gasteiger partial charge is 0.280 e. The number of aryl methyl sites for hydroxylation is 1. The van der Waals surface area contributed by atoms with Crippen LogP contribution in [-0.2, 0) is 6.54 Å². The maximum Gasteiger partial charge on any atom is 0.280 e. The SMILES string of the molecule is Cc1ocnc1C(=O)N(Cc1ccccc1)c1ccncc1. The first-order chi connectivity index (χ1) is 10.8. The van der Waals surface area contributed by atoms with Gasteiger partial charge in [-0.05, 0) is 24.6 Å². The van der Waals surface area contributed by atoms with Crippen molar-refractivity contribution < 1.29 is 9.21 Å². The van der Waals surface area contributed by atoms with Crippen LogP contribution in [0.3, 0.4) is 0 Å². The van der Waals surface area contributed by atoms with Crippen LogP contribution in [0.1, 0.15) is 21.8 Å². The molecule has 0 aliphatic carbocycles. The minimum atomic E-state index is -0.193. The lowest BCUT2D eigenvalue weighted by molar-refractivity contribution is 0.0979. The average molecular weight is 293 g/mol. The van der Waals surface area contributed by atoms with Gasteiger partial charge in [0.2, 0.25) is 0 Å². The van der Waals surface area contributed by atoms with E-state index >= 15 is 0 Å². The van der Waals surface area contributed by atoms with Gasteiger partial charge in [-0.2, -0.15) is 0 Å². The molecule has 0 saturated heterocycles. The third-order valence-corrected chi connectivity index (χ3v) is 3.35. The second-order valence-electron chi connectivity index (χ2n) is 4.84. The first-order valence-electron chi connectivity index (χ1n) is 6.91. The van der Waals surface area contributed by atoms with Crippen LogP contribution in [0, 0.1) is 6.92 Å². The number of anilines is 1. The number of pyridine rings is 1. The Bertz CT molecular complexity index is 754. The van der Waals surface area contributed by atoms with Gasteiger partial charge in [0.1, 0.15) is 5.76 Å². The summed E-state index contributed by atoms with van der Waals surface area (Å²) in [5.74, 6) is 0.318. The monoisotopic (exact) mass is 293 g/mol. The molecule has 5 heteroatoms. The van der Waals surface area contributed by atoms with Gasteiger partial charge >= 0.3 is 0 Å². The highest BCUT2D eigenvalue weighted by Crippen LogP contribution is 2.20. The molecule has 0 unspecified atom stereocenters. The number of amides is 1. The number of hydrogen-bond acceptors (Lipinski definition) is 4. The Hall–Kier alpha value is -2.95. The third kappa shape index (κ3) is 2.88. The molecular formula is C17H15N3O2. The fourth-order valence-electron chi connectivity index (χ4n) is 2.21. The minimum Gasteiger partial charge on any atom is -0.448 e. The van der Waals surface area contributed by atoms with Crippen LogP contribution < -0.4 is 4.90 Å². The third-order valence-electron chi connectivity index (χ3n) is 3.35. The number of oxazole rings is 1. The highest BCUT2D eigenvalue weighted by atomic mass is 16.3. The summed E-state index contributed by atoms with van der Waals surface area (Å²) in [6.07, 6.45) is 4.61. The van der Waals surface area contributed by atoms with Crippen LogP contribution >= 0.6 is 0 Å². The van der Waals surface area contributed by atoms with E-state index in [1.54, 1.807) is 36.4 Å². The van der Waals surface area contributed by atoms with E-state index in [4.69, 9.17) is 4.42 Å². The van der Waals surface area contributed by atoms with Crippen LogP contribution in [0.25, 0.3) is 0 Å². The van der Waals surface area contributed by atoms with Crippen LogP contribution in [0.2, 0.25) is 0 Å². The molecule has 0 aliphatic heterocycles. The van der Waals surface area contributed by atoms with Crippen LogP contribution in [-0.4, -0.2) is 15.9 Å². The lowest BCUT2D eigenvalue weighted by Gasteiger charge is -2.22. The summed E-state index contributed by atoms with van der Waals surface area (Å²) in [7, 11) is 0. The van der Waals surface area contributed by atoms with Gasteiger partial charge in [0.15, 0.2) is 12.1 Å². The molecule has 0 bridgehead atoms. The van der Waals surface area contributed by atoms with Crippen molar-refractivity contribution in [1.29, 1.82) is 0 Å². The lowest BCUT2D eigenvalue weighted by atomic mass is 10.2. The zero-order valence-electron chi connectivity index (χ0n) is 12.1. The molecule has 2 aromatic heterocycles. The largest absolute Gasteiger partial charge is 0.448 e. The van der Waals surface area contributed by atoms with Crippen molar-refractivity contribution in [2.75, 3.05) is 4.90 Å². The molecule has 3 aromatic rings. The van der Waals surface area contributed by atoms with Crippen molar-refractivity contribution in [1.82, 2.24) is 9.97 Å². The fraction of sp³-hybridized carbons (Fsp3) is 0.118. The topological polar surface area (TPSA) is 59.2 Å². The van der Waals surface area contributed by atoms with Crippen LogP contribution in [0.4, 0.5) is 5.69 Å². The van der Waals surface area contributed by atoms with Crippen molar-refractivity contribution >= 4 is 11.6 Å². The predicted molar refractivity (Wildman–Crippen MR) is 82.4 cm³/mol. The number of hydrogen-bond donors (Lipinski definition) is 0. The molecule has 3 rings (SSSR count). The molecule has 0 spiro atoms. The maximum absolute atomic E-state index is 12.8. The summed E-state index contributed by atoms with van der Waals surface area (Å²) in [5, 5.41) is 0. The summed E-state index contributed by atoms with van der Waals surface area (Å²) in [6.45, 7) is 2.18. The summed E-state index contributed by atoms with van der Waals surface area (Å²) in [6, 6.07) is 13.4. The predicted octanol–water partition coefficient (Wildman–Crippen LogP) is 3.23. The molecule has 0 aliphatic rings. The highest BCUT2D eigenvalue weighted by Gasteiger charge is 2.22. The standard InChI is InChI=1S/C17H15N3O2/c1-13-16(19-12-22-13)17(21)20(15-7-9-18-10-8-15)11-14-5-3-2-4-6-14/h2-10,12H,11H2,1H3. The van der Waals surface area contributed by atoms with E-state index in [-0.39, 0.29) is 5.91 Å². The van der Waals surface area contributed by atoms with Crippen molar-refractivity contribution in [2.24, 2.45) is 0 Å². The molecule has 0 atom stereocenters. The van der Waals surface area contributed by atoms with E-state index in [9.17, 15) is 4.79 Å². The second-order valence-corrected chi connectivity index (χ2v) is 4.84. The average Bonchev–Trinajstić information content (AvgIpc) is 3.00. The molecule has 0 saturated carbocycles. The summed E-state index contributed by atoms with van der Waals surface area (Å²) < 4.78 is 5.15. The lowest BCUT2D eigenvalue weighted by Crippen LogP contribution is -2.31. The molecule has 5 nitrogen and oxygen atoms in total. The molecule has 1 aromatic carbocycles. The van der Waals surface area contributed by atoms with E-state index in [0.29, 0.717) is 18.0 Å². The number of carbonyl (C=O) groups is 1. The van der Waals surface area contributed by atoms with E-state index in [1.807, 2.05) is 30.3 Å². The van der Waals surface area contributed by atoms with E-state index in [1.165, 1.54) is 6.39 Å². The Balaban J connectivity index is 1.96. The normalized spacial score (nSPS) is 10.4. The molecule has 22 heavy (non-hydrogen) atoms. The van der Waals surface area contributed by atoms with Gasteiger partial charge in [-0.3, -0.25) is 9.78 Å². The van der Waals surface area contributed by atoms with Gasteiger partial charge in [-0.1, -0.05) is 30.3 Å². The van der Waals surface area contributed by atoms with Gasteiger partial charge in [0.05, 0.1) is 6.54 Å². The fourth-order valence-corrected chi connectivity index (χ4v) is 2.21. The number of aromatic nitrogens is 2. The van der Waals surface area contributed by atoms with Crippen molar-refractivity contribution in [3.05, 3.63) is 78.3 Å². The molecule has 0 radical (unpaired) electrons. The van der Waals surface area contributed by atoms with E-state index in [0.717, 1.165) is 11.3 Å². The maximum atomic E-state index is 12.8. The molecule has 0 fully saturated rings. The van der Waals surface area contributed by atoms with Crippen molar-refractivity contribution in [3.63, 3.8) is 0 Å². The van der Waals surface area contributed by atoms with Gasteiger partial charge in [0.25, 0.3) is 5.91 Å². The van der Waals surface area contributed by atoms with Crippen molar-refractivity contribution in [3.8, 4) is 0 Å². The summed E-state index contributed by atoms with van der Waals surface area (Å²) >= 11 is 0. The molecule has 2 heterocycles. The van der Waals surface area contributed by atoms with Gasteiger partial charge in [-0.15, -0.1) is 0 Å². The number of nitrogens with zero attached hydrogens (tertiary/aromatic N) is 3. The van der Waals surface area contributed by atoms with Gasteiger partial charge in [0, 0.05) is 18.1 Å². The van der Waals surface area contributed by atoms with E-state index < -0.39 is 0 Å². The zero-order valence-corrected chi connectivity index (χ0v) is 12.1. The van der Waals surface area contributed by atoms with E-state index in [2.05, 4.69) is 9.97 Å². The number of carbonyl (C=O) groups excluding carboxylic acids is 1. The first kappa shape index (κ1) is 14.0. The first-order valence-corrected chi connectivity index (χ1v) is 6.91. The van der Waals surface area contributed by atoms with Crippen LogP contribution in [0.5, 0.6) is 0 Å². The highest BCUT2D eigenvalue weighted by molar-refractivity contribution is 6.05. The van der Waals surface area contributed by atoms with Gasteiger partial charge < -0.3 is 9.32 Å². The van der Waals surface area contributed by atoms with Crippen molar-refractivity contribution in [2.45, 2.75) is 13.5 Å². The minimum absolute atomic E-state index is 0.193. The van der Waals surface area contributed by atoms with Gasteiger partial charge in [-0.25, -0.2) is 4.98 Å². The molecule has 1 amide bonds. The Labute approximate surface area is 128 Å². The Morgan fingerprint density at radius 1 is 1.14 bits per heavy atom. The quantitative estimate of drug-likeness (QED) is 0.741. The molecular weight excluding hydrogens is 278 g/mol. The Kier molecular flexibility index (Phi) is 3.96. The Morgan fingerprint density at radius 2 is 1.86 bits per heavy atom. The van der Waals surface area contributed by atoms with Crippen LogP contribution in [0.15, 0.2) is 65.7 Å². The zero-order chi connectivity index (χ0) is 15.4. The molecule has 110 valence electrons. The second kappa shape index (κ2) is 6.22. The number of benzene rings is 1. The summed E-state index contributed by atoms with van der Waals surface area (Å²) in [5.41, 5.74) is 2.13. The molecule has 0 N–H and O–H groups in total. The summed E-state index contributed by atoms with van der Waals surface area (Å²) in [4.78, 5) is 22.5.